The summed E-state index contributed by atoms with van der Waals surface area (Å²) in [6, 6.07) is 17.6. The van der Waals surface area contributed by atoms with E-state index in [0.29, 0.717) is 21.9 Å². The van der Waals surface area contributed by atoms with Gasteiger partial charge in [0.25, 0.3) is 11.8 Å². The summed E-state index contributed by atoms with van der Waals surface area (Å²) in [5.74, 6) is -1.47. The maximum absolute atomic E-state index is 13.6. The topological polar surface area (TPSA) is 66.9 Å². The standard InChI is InChI=1S/C25H20ClFN2O4/c1-33-20-7-4-6-16(13-20)24(31)28(15-17-5-2-3-8-21(17)26)22-14-23(30)29(25(22)32)19-11-9-18(27)10-12-19/h2-13,22H,14-15H2,1H3. The SMILES string of the molecule is COc1cccc(C(=O)N(Cc2ccccc2Cl)C2CC(=O)N(c3ccc(F)cc3)C2=O)c1. The first-order valence-corrected chi connectivity index (χ1v) is 10.6. The van der Waals surface area contributed by atoms with E-state index in [-0.39, 0.29) is 18.7 Å². The van der Waals surface area contributed by atoms with Crippen molar-refractivity contribution in [1.29, 1.82) is 0 Å². The van der Waals surface area contributed by atoms with Crippen LogP contribution in [0.25, 0.3) is 0 Å². The van der Waals surface area contributed by atoms with E-state index >= 15 is 0 Å². The fraction of sp³-hybridized carbons (Fsp3) is 0.160. The quantitative estimate of drug-likeness (QED) is 0.503. The monoisotopic (exact) mass is 466 g/mol. The van der Waals surface area contributed by atoms with Crippen LogP contribution in [0.2, 0.25) is 5.02 Å². The van der Waals surface area contributed by atoms with E-state index < -0.39 is 29.6 Å². The van der Waals surface area contributed by atoms with E-state index in [1.807, 2.05) is 0 Å². The van der Waals surface area contributed by atoms with Gasteiger partial charge in [-0.15, -0.1) is 0 Å². The lowest BCUT2D eigenvalue weighted by Crippen LogP contribution is -2.45. The van der Waals surface area contributed by atoms with Crippen LogP contribution < -0.4 is 9.64 Å². The molecule has 1 unspecified atom stereocenters. The van der Waals surface area contributed by atoms with Crippen LogP contribution in [0.1, 0.15) is 22.3 Å². The molecule has 6 nitrogen and oxygen atoms in total. The molecule has 1 atom stereocenters. The number of benzene rings is 3. The molecule has 1 aliphatic heterocycles. The first-order chi connectivity index (χ1) is 15.9. The number of ether oxygens (including phenoxy) is 1. The molecule has 0 aliphatic carbocycles. The molecule has 0 spiro atoms. The Morgan fingerprint density at radius 1 is 1.09 bits per heavy atom. The van der Waals surface area contributed by atoms with E-state index in [1.54, 1.807) is 48.5 Å². The molecule has 1 aliphatic rings. The average molecular weight is 467 g/mol. The molecule has 3 amide bonds. The van der Waals surface area contributed by atoms with E-state index in [4.69, 9.17) is 16.3 Å². The van der Waals surface area contributed by atoms with Gasteiger partial charge in [0.2, 0.25) is 5.91 Å². The highest BCUT2D eigenvalue weighted by Crippen LogP contribution is 2.29. The van der Waals surface area contributed by atoms with Crippen LogP contribution in [-0.2, 0) is 16.1 Å². The van der Waals surface area contributed by atoms with Crippen molar-refractivity contribution < 1.29 is 23.5 Å². The van der Waals surface area contributed by atoms with Crippen molar-refractivity contribution >= 4 is 35.0 Å². The molecule has 0 N–H and O–H groups in total. The van der Waals surface area contributed by atoms with Crippen LogP contribution in [0.4, 0.5) is 10.1 Å². The smallest absolute Gasteiger partial charge is 0.257 e. The largest absolute Gasteiger partial charge is 0.497 e. The number of rotatable bonds is 6. The minimum atomic E-state index is -1.04. The molecule has 4 rings (SSSR count). The number of halogens is 2. The predicted octanol–water partition coefficient (Wildman–Crippen LogP) is 4.46. The minimum absolute atomic E-state index is 0.0245. The third-order valence-electron chi connectivity index (χ3n) is 5.46. The summed E-state index contributed by atoms with van der Waals surface area (Å²) in [6.45, 7) is 0.0245. The maximum atomic E-state index is 13.6. The number of carbonyl (C=O) groups is 3. The molecule has 33 heavy (non-hydrogen) atoms. The van der Waals surface area contributed by atoms with Crippen molar-refractivity contribution in [3.63, 3.8) is 0 Å². The molecular weight excluding hydrogens is 447 g/mol. The lowest BCUT2D eigenvalue weighted by molar-refractivity contribution is -0.122. The van der Waals surface area contributed by atoms with Crippen LogP contribution in [-0.4, -0.2) is 35.8 Å². The Morgan fingerprint density at radius 3 is 2.52 bits per heavy atom. The zero-order valence-corrected chi connectivity index (χ0v) is 18.5. The molecule has 0 saturated carbocycles. The second-order valence-corrected chi connectivity index (χ2v) is 7.93. The van der Waals surface area contributed by atoms with E-state index in [2.05, 4.69) is 0 Å². The van der Waals surface area contributed by atoms with Gasteiger partial charge >= 0.3 is 0 Å². The van der Waals surface area contributed by atoms with Gasteiger partial charge in [-0.1, -0.05) is 35.9 Å². The fourth-order valence-electron chi connectivity index (χ4n) is 3.78. The highest BCUT2D eigenvalue weighted by molar-refractivity contribution is 6.31. The molecule has 168 valence electrons. The van der Waals surface area contributed by atoms with Gasteiger partial charge in [-0.3, -0.25) is 14.4 Å². The van der Waals surface area contributed by atoms with Gasteiger partial charge < -0.3 is 9.64 Å². The van der Waals surface area contributed by atoms with Crippen molar-refractivity contribution in [3.8, 4) is 5.75 Å². The molecule has 3 aromatic carbocycles. The van der Waals surface area contributed by atoms with Crippen molar-refractivity contribution in [2.45, 2.75) is 19.0 Å². The van der Waals surface area contributed by atoms with Gasteiger partial charge in [0.05, 0.1) is 19.2 Å². The van der Waals surface area contributed by atoms with Crippen LogP contribution >= 0.6 is 11.6 Å². The number of anilines is 1. The lowest BCUT2D eigenvalue weighted by Gasteiger charge is -2.28. The van der Waals surface area contributed by atoms with Crippen LogP contribution in [0.15, 0.2) is 72.8 Å². The minimum Gasteiger partial charge on any atom is -0.497 e. The van der Waals surface area contributed by atoms with E-state index in [1.165, 1.54) is 36.3 Å². The number of methoxy groups -OCH3 is 1. The summed E-state index contributed by atoms with van der Waals surface area (Å²) in [6.07, 6.45) is -0.198. The van der Waals surface area contributed by atoms with E-state index in [0.717, 1.165) is 4.90 Å². The molecule has 3 aromatic rings. The molecule has 0 aromatic heterocycles. The van der Waals surface area contributed by atoms with Gasteiger partial charge in [-0.2, -0.15) is 0 Å². The van der Waals surface area contributed by atoms with Gasteiger partial charge in [0.1, 0.15) is 17.6 Å². The number of nitrogens with zero attached hydrogens (tertiary/aromatic N) is 2. The number of amides is 3. The van der Waals surface area contributed by atoms with Crippen molar-refractivity contribution in [1.82, 2.24) is 4.90 Å². The second kappa shape index (κ2) is 9.42. The summed E-state index contributed by atoms with van der Waals surface area (Å²) in [7, 11) is 1.49. The molecule has 1 heterocycles. The Bertz CT molecular complexity index is 1220. The van der Waals surface area contributed by atoms with Crippen molar-refractivity contribution in [3.05, 3.63) is 94.8 Å². The first-order valence-electron chi connectivity index (χ1n) is 10.2. The predicted molar refractivity (Wildman–Crippen MR) is 122 cm³/mol. The number of carbonyl (C=O) groups excluding carboxylic acids is 3. The third-order valence-corrected chi connectivity index (χ3v) is 5.83. The number of imide groups is 1. The van der Waals surface area contributed by atoms with Crippen molar-refractivity contribution in [2.75, 3.05) is 12.0 Å². The number of hydrogen-bond donors (Lipinski definition) is 0. The lowest BCUT2D eigenvalue weighted by atomic mass is 10.1. The highest BCUT2D eigenvalue weighted by atomic mass is 35.5. The third kappa shape index (κ3) is 4.59. The Kier molecular flexibility index (Phi) is 6.42. The average Bonchev–Trinajstić information content (AvgIpc) is 3.12. The van der Waals surface area contributed by atoms with Gasteiger partial charge in [-0.25, -0.2) is 9.29 Å². The van der Waals surface area contributed by atoms with Crippen molar-refractivity contribution in [2.24, 2.45) is 0 Å². The van der Waals surface area contributed by atoms with Gasteiger partial charge in [-0.05, 0) is 54.1 Å². The molecule has 1 fully saturated rings. The Morgan fingerprint density at radius 2 is 1.82 bits per heavy atom. The summed E-state index contributed by atoms with van der Waals surface area (Å²) in [4.78, 5) is 42.0. The second-order valence-electron chi connectivity index (χ2n) is 7.52. The summed E-state index contributed by atoms with van der Waals surface area (Å²) < 4.78 is 18.6. The molecule has 0 radical (unpaired) electrons. The first kappa shape index (κ1) is 22.5. The Labute approximate surface area is 195 Å². The Balaban J connectivity index is 1.71. The summed E-state index contributed by atoms with van der Waals surface area (Å²) in [5.41, 5.74) is 1.19. The molecule has 1 saturated heterocycles. The summed E-state index contributed by atoms with van der Waals surface area (Å²) >= 11 is 6.32. The normalized spacial score (nSPS) is 15.6. The van der Waals surface area contributed by atoms with Crippen LogP contribution in [0, 0.1) is 5.82 Å². The number of hydrogen-bond acceptors (Lipinski definition) is 4. The van der Waals surface area contributed by atoms with Crippen LogP contribution in [0.3, 0.4) is 0 Å². The molecule has 8 heteroatoms. The molecular formula is C25H20ClFN2O4. The highest BCUT2D eigenvalue weighted by Gasteiger charge is 2.44. The zero-order valence-electron chi connectivity index (χ0n) is 17.7. The maximum Gasteiger partial charge on any atom is 0.257 e. The fourth-order valence-corrected chi connectivity index (χ4v) is 3.97. The zero-order chi connectivity index (χ0) is 23.5. The molecule has 0 bridgehead atoms. The van der Waals surface area contributed by atoms with E-state index in [9.17, 15) is 18.8 Å². The Hall–Kier alpha value is -3.71. The summed E-state index contributed by atoms with van der Waals surface area (Å²) in [5, 5.41) is 0.438. The van der Waals surface area contributed by atoms with Gasteiger partial charge in [0, 0.05) is 17.1 Å². The van der Waals surface area contributed by atoms with Crippen LogP contribution in [0.5, 0.6) is 5.75 Å². The van der Waals surface area contributed by atoms with Gasteiger partial charge in [0.15, 0.2) is 0 Å².